The summed E-state index contributed by atoms with van der Waals surface area (Å²) in [7, 11) is 0. The van der Waals surface area contributed by atoms with E-state index in [-0.39, 0.29) is 5.91 Å². The molecule has 0 unspecified atom stereocenters. The van der Waals surface area contributed by atoms with E-state index in [1.807, 2.05) is 6.07 Å². The van der Waals surface area contributed by atoms with Gasteiger partial charge in [0.05, 0.1) is 18.1 Å². The van der Waals surface area contributed by atoms with Crippen LogP contribution in [0.25, 0.3) is 0 Å². The number of aromatic nitrogens is 4. The molecular formula is C12H15N7O. The lowest BCUT2D eigenvalue weighted by Crippen LogP contribution is -2.48. The van der Waals surface area contributed by atoms with E-state index >= 15 is 0 Å². The Morgan fingerprint density at radius 1 is 1.20 bits per heavy atom. The fourth-order valence-corrected chi connectivity index (χ4v) is 2.22. The van der Waals surface area contributed by atoms with Crippen LogP contribution in [0.4, 0.5) is 11.5 Å². The third-order valence-corrected chi connectivity index (χ3v) is 3.34. The van der Waals surface area contributed by atoms with Crippen molar-refractivity contribution in [1.29, 1.82) is 0 Å². The van der Waals surface area contributed by atoms with Gasteiger partial charge in [0, 0.05) is 26.2 Å². The number of hydrogen-bond acceptors (Lipinski definition) is 6. The van der Waals surface area contributed by atoms with E-state index in [4.69, 9.17) is 5.73 Å². The first-order chi connectivity index (χ1) is 9.74. The molecule has 0 bridgehead atoms. The predicted molar refractivity (Wildman–Crippen MR) is 73.1 cm³/mol. The zero-order valence-corrected chi connectivity index (χ0v) is 10.9. The fraction of sp³-hybridized carbons (Fsp3) is 0.333. The van der Waals surface area contributed by atoms with Gasteiger partial charge in [-0.1, -0.05) is 0 Å². The number of amides is 1. The fourth-order valence-electron chi connectivity index (χ4n) is 2.22. The number of piperazine rings is 1. The summed E-state index contributed by atoms with van der Waals surface area (Å²) in [4.78, 5) is 20.1. The summed E-state index contributed by atoms with van der Waals surface area (Å²) in [5.41, 5.74) is 6.95. The maximum Gasteiger partial charge on any atom is 0.276 e. The zero-order valence-electron chi connectivity index (χ0n) is 10.9. The second-order valence-electron chi connectivity index (χ2n) is 4.58. The maximum absolute atomic E-state index is 12.1. The van der Waals surface area contributed by atoms with Gasteiger partial charge < -0.3 is 15.5 Å². The van der Waals surface area contributed by atoms with Crippen LogP contribution in [0.5, 0.6) is 0 Å². The van der Waals surface area contributed by atoms with Gasteiger partial charge in [-0.3, -0.25) is 4.79 Å². The SMILES string of the molecule is Nc1ccc(N2CCN(C(=O)c3cn[nH]n3)CC2)cn1. The molecule has 0 spiro atoms. The number of rotatable bonds is 2. The number of carbonyl (C=O) groups is 1. The van der Waals surface area contributed by atoms with Crippen LogP contribution in [0.3, 0.4) is 0 Å². The molecule has 3 heterocycles. The van der Waals surface area contributed by atoms with Gasteiger partial charge in [0.1, 0.15) is 5.82 Å². The molecule has 0 aromatic carbocycles. The molecule has 1 saturated heterocycles. The van der Waals surface area contributed by atoms with Crippen LogP contribution in [-0.2, 0) is 0 Å². The molecule has 3 N–H and O–H groups in total. The van der Waals surface area contributed by atoms with Crippen molar-refractivity contribution in [3.8, 4) is 0 Å². The molecule has 0 saturated carbocycles. The van der Waals surface area contributed by atoms with Crippen molar-refractivity contribution in [2.24, 2.45) is 0 Å². The number of nitrogens with one attached hydrogen (secondary N) is 1. The lowest BCUT2D eigenvalue weighted by atomic mass is 10.2. The molecule has 3 rings (SSSR count). The Balaban J connectivity index is 1.62. The van der Waals surface area contributed by atoms with Crippen molar-refractivity contribution in [1.82, 2.24) is 25.3 Å². The Labute approximate surface area is 115 Å². The minimum absolute atomic E-state index is 0.0890. The summed E-state index contributed by atoms with van der Waals surface area (Å²) < 4.78 is 0. The predicted octanol–water partition coefficient (Wildman–Crippen LogP) is -0.256. The molecule has 0 radical (unpaired) electrons. The van der Waals surface area contributed by atoms with E-state index in [9.17, 15) is 4.79 Å². The number of anilines is 2. The first-order valence-corrected chi connectivity index (χ1v) is 6.35. The molecule has 104 valence electrons. The molecule has 1 aliphatic rings. The molecular weight excluding hydrogens is 258 g/mol. The number of H-pyrrole nitrogens is 1. The van der Waals surface area contributed by atoms with Crippen LogP contribution in [0.2, 0.25) is 0 Å². The second-order valence-corrected chi connectivity index (χ2v) is 4.58. The molecule has 2 aromatic rings. The van der Waals surface area contributed by atoms with Gasteiger partial charge in [0.15, 0.2) is 5.69 Å². The van der Waals surface area contributed by atoms with Gasteiger partial charge in [-0.05, 0) is 12.1 Å². The summed E-state index contributed by atoms with van der Waals surface area (Å²) in [6, 6.07) is 3.72. The molecule has 0 aliphatic carbocycles. The van der Waals surface area contributed by atoms with Crippen LogP contribution in [-0.4, -0.2) is 57.4 Å². The van der Waals surface area contributed by atoms with Crippen molar-refractivity contribution in [2.45, 2.75) is 0 Å². The molecule has 20 heavy (non-hydrogen) atoms. The van der Waals surface area contributed by atoms with E-state index in [0.29, 0.717) is 24.6 Å². The van der Waals surface area contributed by atoms with Crippen LogP contribution < -0.4 is 10.6 Å². The number of pyridine rings is 1. The Kier molecular flexibility index (Phi) is 3.20. The highest BCUT2D eigenvalue weighted by atomic mass is 16.2. The number of hydrogen-bond donors (Lipinski definition) is 2. The van der Waals surface area contributed by atoms with Crippen LogP contribution in [0, 0.1) is 0 Å². The number of nitrogens with zero attached hydrogens (tertiary/aromatic N) is 5. The van der Waals surface area contributed by atoms with Crippen molar-refractivity contribution in [3.05, 3.63) is 30.2 Å². The van der Waals surface area contributed by atoms with Crippen molar-refractivity contribution in [3.63, 3.8) is 0 Å². The topological polar surface area (TPSA) is 104 Å². The molecule has 1 amide bonds. The molecule has 8 nitrogen and oxygen atoms in total. The molecule has 1 fully saturated rings. The quantitative estimate of drug-likeness (QED) is 0.781. The van der Waals surface area contributed by atoms with Gasteiger partial charge in [-0.15, -0.1) is 0 Å². The third kappa shape index (κ3) is 2.40. The number of carbonyl (C=O) groups excluding carboxylic acids is 1. The van der Waals surface area contributed by atoms with Gasteiger partial charge in [0.25, 0.3) is 5.91 Å². The Morgan fingerprint density at radius 3 is 2.60 bits per heavy atom. The average Bonchev–Trinajstić information content (AvgIpc) is 3.02. The summed E-state index contributed by atoms with van der Waals surface area (Å²) in [5.74, 6) is 0.419. The first-order valence-electron chi connectivity index (χ1n) is 6.35. The average molecular weight is 273 g/mol. The Morgan fingerprint density at radius 2 is 2.00 bits per heavy atom. The minimum Gasteiger partial charge on any atom is -0.384 e. The lowest BCUT2D eigenvalue weighted by Gasteiger charge is -2.35. The molecule has 8 heteroatoms. The zero-order chi connectivity index (χ0) is 13.9. The standard InChI is InChI=1S/C12H15N7O/c13-11-2-1-9(7-14-11)18-3-5-19(6-4-18)12(20)10-8-15-17-16-10/h1-2,7-8H,3-6H2,(H2,13,14)(H,15,16,17). The monoisotopic (exact) mass is 273 g/mol. The van der Waals surface area contributed by atoms with E-state index < -0.39 is 0 Å². The van der Waals surface area contributed by atoms with Gasteiger partial charge in [-0.25, -0.2) is 4.98 Å². The van der Waals surface area contributed by atoms with Gasteiger partial charge in [-0.2, -0.15) is 15.4 Å². The highest BCUT2D eigenvalue weighted by Crippen LogP contribution is 2.16. The molecule has 2 aromatic heterocycles. The van der Waals surface area contributed by atoms with E-state index in [1.165, 1.54) is 6.20 Å². The van der Waals surface area contributed by atoms with E-state index in [2.05, 4.69) is 25.3 Å². The molecule has 0 atom stereocenters. The van der Waals surface area contributed by atoms with E-state index in [0.717, 1.165) is 18.8 Å². The van der Waals surface area contributed by atoms with E-state index in [1.54, 1.807) is 17.2 Å². The number of nitrogen functional groups attached to an aromatic ring is 1. The second kappa shape index (κ2) is 5.16. The number of aromatic amines is 1. The summed E-state index contributed by atoms with van der Waals surface area (Å²) in [6.07, 6.45) is 3.20. The highest BCUT2D eigenvalue weighted by Gasteiger charge is 2.23. The lowest BCUT2D eigenvalue weighted by molar-refractivity contribution is 0.0741. The summed E-state index contributed by atoms with van der Waals surface area (Å²) in [6.45, 7) is 2.82. The van der Waals surface area contributed by atoms with Crippen molar-refractivity contribution < 1.29 is 4.79 Å². The normalized spacial score (nSPS) is 15.4. The van der Waals surface area contributed by atoms with Gasteiger partial charge >= 0.3 is 0 Å². The largest absolute Gasteiger partial charge is 0.384 e. The Bertz CT molecular complexity index is 572. The minimum atomic E-state index is -0.0890. The third-order valence-electron chi connectivity index (χ3n) is 3.34. The van der Waals surface area contributed by atoms with Crippen LogP contribution in [0.15, 0.2) is 24.5 Å². The van der Waals surface area contributed by atoms with Crippen molar-refractivity contribution >= 4 is 17.4 Å². The van der Waals surface area contributed by atoms with Crippen molar-refractivity contribution in [2.75, 3.05) is 36.8 Å². The van der Waals surface area contributed by atoms with Crippen LogP contribution >= 0.6 is 0 Å². The first kappa shape index (κ1) is 12.4. The Hall–Kier alpha value is -2.64. The van der Waals surface area contributed by atoms with Gasteiger partial charge in [0.2, 0.25) is 0 Å². The maximum atomic E-state index is 12.1. The van der Waals surface area contributed by atoms with Crippen LogP contribution in [0.1, 0.15) is 10.5 Å². The highest BCUT2D eigenvalue weighted by molar-refractivity contribution is 5.92. The summed E-state index contributed by atoms with van der Waals surface area (Å²) in [5, 5.41) is 9.92. The smallest absolute Gasteiger partial charge is 0.276 e. The molecule has 1 aliphatic heterocycles. The number of nitrogens with two attached hydrogens (primary N) is 1. The summed E-state index contributed by atoms with van der Waals surface area (Å²) >= 11 is 0.